The minimum atomic E-state index is 0. The fourth-order valence-corrected chi connectivity index (χ4v) is 1.17. The van der Waals surface area contributed by atoms with Crippen LogP contribution in [-0.4, -0.2) is 22.1 Å². The fraction of sp³-hybridized carbons (Fsp3) is 0. The number of pyridine rings is 1. The molecule has 0 saturated heterocycles. The van der Waals surface area contributed by atoms with Crippen LogP contribution in [0.2, 0.25) is 0 Å². The molecule has 0 fully saturated rings. The Hall–Kier alpha value is -0.571. The van der Waals surface area contributed by atoms with Gasteiger partial charge in [-0.3, -0.25) is 4.98 Å². The normalized spacial score (nSPS) is 8.38. The zero-order valence-corrected chi connectivity index (χ0v) is 11.4. The number of halogens is 2. The molecule has 2 nitrogen and oxygen atoms in total. The van der Waals surface area contributed by atoms with Crippen molar-refractivity contribution in [2.24, 2.45) is 0 Å². The Labute approximate surface area is 115 Å². The fourth-order valence-electron chi connectivity index (χ4n) is 1.17. The van der Waals surface area contributed by atoms with Crippen LogP contribution in [0.3, 0.4) is 0 Å². The van der Waals surface area contributed by atoms with E-state index in [1.165, 1.54) is 11.1 Å². The molecule has 0 aliphatic rings. The first-order chi connectivity index (χ1) is 7.38. The van der Waals surface area contributed by atoms with Gasteiger partial charge >= 0.3 is 0 Å². The predicted octanol–water partition coefficient (Wildman–Crippen LogP) is 3.68. The smallest absolute Gasteiger partial charge is 0.0832 e. The summed E-state index contributed by atoms with van der Waals surface area (Å²) in [6.45, 7) is 0. The van der Waals surface area contributed by atoms with Gasteiger partial charge in [0.15, 0.2) is 0 Å². The second kappa shape index (κ2) is 9.64. The third-order valence-electron chi connectivity index (χ3n) is 1.79. The van der Waals surface area contributed by atoms with E-state index in [2.05, 4.69) is 44.7 Å². The van der Waals surface area contributed by atoms with Crippen molar-refractivity contribution in [1.82, 2.24) is 4.98 Å². The molecule has 0 aliphatic heterocycles. The molecule has 1 aromatic carbocycles. The average Bonchev–Trinajstić information content (AvgIpc) is 2.32. The summed E-state index contributed by atoms with van der Waals surface area (Å²) in [6.07, 6.45) is 3.62. The molecule has 2 radical (unpaired) electrons. The van der Waals surface area contributed by atoms with E-state index in [1.54, 1.807) is 0 Å². The van der Waals surface area contributed by atoms with Crippen molar-refractivity contribution in [1.29, 1.82) is 0 Å². The molecule has 0 amide bonds. The quantitative estimate of drug-likeness (QED) is 0.748. The van der Waals surface area contributed by atoms with Gasteiger partial charge in [0.2, 0.25) is 0 Å². The van der Waals surface area contributed by atoms with Crippen LogP contribution < -0.4 is 0 Å². The van der Waals surface area contributed by atoms with Crippen molar-refractivity contribution < 1.29 is 3.84 Å². The molecule has 0 spiro atoms. The topological polar surface area (TPSA) is 22.1 Å². The largest absolute Gasteiger partial charge is 0.265 e. The molecule has 1 aromatic heterocycles. The van der Waals surface area contributed by atoms with Crippen LogP contribution in [0.1, 0.15) is 0 Å². The third-order valence-corrected chi connectivity index (χ3v) is 1.79. The molecule has 0 saturated carbocycles. The number of benzene rings is 1. The van der Waals surface area contributed by atoms with Gasteiger partial charge < -0.3 is 0 Å². The second-order valence-corrected chi connectivity index (χ2v) is 3.13. The zero-order chi connectivity index (χ0) is 10.9. The van der Waals surface area contributed by atoms with Crippen molar-refractivity contribution >= 4 is 40.8 Å². The number of hydrogen-bond donors (Lipinski definition) is 0. The first-order valence-corrected chi connectivity index (χ1v) is 4.85. The average molecular weight is 321 g/mol. The summed E-state index contributed by atoms with van der Waals surface area (Å²) in [6, 6.07) is 14.3. The van der Waals surface area contributed by atoms with Crippen molar-refractivity contribution in [3.63, 3.8) is 0 Å². The van der Waals surface area contributed by atoms with Gasteiger partial charge in [-0.05, 0) is 23.3 Å². The van der Waals surface area contributed by atoms with Gasteiger partial charge in [-0.2, -0.15) is 3.84 Å². The van der Waals surface area contributed by atoms with Crippen LogP contribution in [0, 0.1) is 0 Å². The number of nitrogens with zero attached hydrogens (tertiary/aromatic N) is 1. The Morgan fingerprint density at radius 2 is 1.25 bits per heavy atom. The molecule has 0 unspecified atom stereocenters. The van der Waals surface area contributed by atoms with Crippen molar-refractivity contribution in [2.75, 3.05) is 0 Å². The van der Waals surface area contributed by atoms with E-state index in [0.717, 1.165) is 0 Å². The summed E-state index contributed by atoms with van der Waals surface area (Å²) >= 11 is 8.53. The first-order valence-electron chi connectivity index (χ1n) is 4.23. The molecule has 1 heterocycles. The zero-order valence-electron chi connectivity index (χ0n) is 8.22. The van der Waals surface area contributed by atoms with E-state index in [1.807, 2.05) is 42.7 Å². The van der Waals surface area contributed by atoms with Crippen LogP contribution in [0.5, 0.6) is 0 Å². The van der Waals surface area contributed by atoms with Crippen molar-refractivity contribution in [3.8, 4) is 11.1 Å². The van der Waals surface area contributed by atoms with Crippen molar-refractivity contribution in [3.05, 3.63) is 54.9 Å². The van der Waals surface area contributed by atoms with Gasteiger partial charge in [0.05, 0.1) is 23.7 Å². The molecule has 0 atom stereocenters. The minimum absolute atomic E-state index is 0. The molecule has 2 aromatic rings. The third kappa shape index (κ3) is 5.50. The van der Waals surface area contributed by atoms with Gasteiger partial charge in [-0.15, -0.1) is 0 Å². The maximum Gasteiger partial charge on any atom is 0.0832 e. The summed E-state index contributed by atoms with van der Waals surface area (Å²) in [4.78, 5) is 3.97. The molecular formula is C11H9Cl2NOSe. The molecule has 84 valence electrons. The van der Waals surface area contributed by atoms with E-state index in [4.69, 9.17) is 0 Å². The second-order valence-electron chi connectivity index (χ2n) is 2.66. The molecule has 0 bridgehead atoms. The molecule has 2 rings (SSSR count). The summed E-state index contributed by atoms with van der Waals surface area (Å²) < 4.78 is 3.19. The predicted molar refractivity (Wildman–Crippen MR) is 68.2 cm³/mol. The van der Waals surface area contributed by atoms with Crippen LogP contribution >= 0.6 is 23.7 Å². The van der Waals surface area contributed by atoms with Gasteiger partial charge in [0, 0.05) is 29.5 Å². The summed E-state index contributed by atoms with van der Waals surface area (Å²) in [7, 11) is 0. The molecule has 0 N–H and O–H groups in total. The van der Waals surface area contributed by atoms with E-state index in [-0.39, 0.29) is 17.1 Å². The number of rotatable bonds is 1. The van der Waals surface area contributed by atoms with Gasteiger partial charge in [0.25, 0.3) is 0 Å². The Bertz CT molecular complexity index is 335. The maximum absolute atomic E-state index is 4.26. The maximum atomic E-state index is 4.26. The Morgan fingerprint density at radius 1 is 0.812 bits per heavy atom. The summed E-state index contributed by atoms with van der Waals surface area (Å²) in [5.74, 6) is 0. The van der Waals surface area contributed by atoms with Gasteiger partial charge in [-0.1, -0.05) is 30.3 Å². The molecule has 16 heavy (non-hydrogen) atoms. The number of hydrogen-bond acceptors (Lipinski definition) is 2. The Morgan fingerprint density at radius 3 is 1.75 bits per heavy atom. The Kier molecular flexibility index (Phi) is 9.30. The summed E-state index contributed by atoms with van der Waals surface area (Å²) in [5, 5.41) is 0. The number of aromatic nitrogens is 1. The van der Waals surface area contributed by atoms with Crippen LogP contribution in [0.25, 0.3) is 11.1 Å². The standard InChI is InChI=1S/C11H9N.Cl2O.Se/c1-2-4-10(5-3-1)11-6-8-12-9-7-11;1-3-2;/h1-9H;;. The molecular weight excluding hydrogens is 312 g/mol. The van der Waals surface area contributed by atoms with E-state index < -0.39 is 0 Å². The SMILES string of the molecule is ClOCl.[Se].c1ccc(-c2ccncc2)cc1. The molecule has 0 aliphatic carbocycles. The van der Waals surface area contributed by atoms with Crippen LogP contribution in [0.4, 0.5) is 0 Å². The van der Waals surface area contributed by atoms with Crippen LogP contribution in [-0.2, 0) is 3.84 Å². The monoisotopic (exact) mass is 321 g/mol. The molecule has 5 heteroatoms. The first kappa shape index (κ1) is 15.4. The van der Waals surface area contributed by atoms with Crippen LogP contribution in [0.15, 0.2) is 54.9 Å². The van der Waals surface area contributed by atoms with Crippen molar-refractivity contribution in [2.45, 2.75) is 0 Å². The minimum Gasteiger partial charge on any atom is -0.265 e. The van der Waals surface area contributed by atoms with E-state index in [0.29, 0.717) is 0 Å². The van der Waals surface area contributed by atoms with Gasteiger partial charge in [-0.25, -0.2) is 0 Å². The summed E-state index contributed by atoms with van der Waals surface area (Å²) in [5.41, 5.74) is 2.45. The Balaban J connectivity index is 0.000000511. The van der Waals surface area contributed by atoms with Gasteiger partial charge in [0.1, 0.15) is 0 Å². The van der Waals surface area contributed by atoms with E-state index in [9.17, 15) is 0 Å². The van der Waals surface area contributed by atoms with E-state index >= 15 is 0 Å².